The molecule has 2 aromatic rings. The Hall–Kier alpha value is -1.77. The first-order chi connectivity index (χ1) is 7.36. The van der Waals surface area contributed by atoms with Gasteiger partial charge in [-0.2, -0.15) is 5.10 Å². The third-order valence-corrected chi connectivity index (χ3v) is 3.08. The van der Waals surface area contributed by atoms with Gasteiger partial charge in [0, 0.05) is 5.56 Å². The zero-order chi connectivity index (χ0) is 10.3. The van der Waals surface area contributed by atoms with Crippen molar-refractivity contribution in [2.24, 2.45) is 0 Å². The Morgan fingerprint density at radius 2 is 2.20 bits per heavy atom. The summed E-state index contributed by atoms with van der Waals surface area (Å²) >= 11 is 0. The number of hydrogen-bond acceptors (Lipinski definition) is 2. The maximum absolute atomic E-state index is 5.87. The van der Waals surface area contributed by atoms with Crippen molar-refractivity contribution in [3.05, 3.63) is 35.5 Å². The molecular weight excluding hydrogens is 186 g/mol. The fourth-order valence-corrected chi connectivity index (χ4v) is 2.37. The van der Waals surface area contributed by atoms with Gasteiger partial charge in [-0.05, 0) is 30.4 Å². The van der Waals surface area contributed by atoms with Gasteiger partial charge in [-0.1, -0.05) is 18.2 Å². The average Bonchev–Trinajstić information content (AvgIpc) is 2.85. The highest BCUT2D eigenvalue weighted by Gasteiger charge is 2.17. The number of nitrogens with two attached hydrogens (primary N) is 1. The van der Waals surface area contributed by atoms with Crippen molar-refractivity contribution in [3.63, 3.8) is 0 Å². The summed E-state index contributed by atoms with van der Waals surface area (Å²) in [6.45, 7) is 0. The molecular formula is C12H13N3. The van der Waals surface area contributed by atoms with Gasteiger partial charge in [-0.25, -0.2) is 0 Å². The van der Waals surface area contributed by atoms with Crippen LogP contribution in [0.2, 0.25) is 0 Å². The van der Waals surface area contributed by atoms with Crippen molar-refractivity contribution in [2.75, 3.05) is 5.73 Å². The van der Waals surface area contributed by atoms with Crippen LogP contribution in [0.5, 0.6) is 0 Å². The molecule has 3 rings (SSSR count). The summed E-state index contributed by atoms with van der Waals surface area (Å²) in [6.07, 6.45) is 5.27. The number of anilines is 1. The third kappa shape index (κ3) is 1.23. The molecule has 0 spiro atoms. The zero-order valence-corrected chi connectivity index (χ0v) is 8.46. The predicted molar refractivity (Wildman–Crippen MR) is 60.5 cm³/mol. The van der Waals surface area contributed by atoms with Gasteiger partial charge >= 0.3 is 0 Å². The lowest BCUT2D eigenvalue weighted by Gasteiger charge is -2.06. The minimum Gasteiger partial charge on any atom is -0.396 e. The van der Waals surface area contributed by atoms with E-state index in [9.17, 15) is 0 Å². The second-order valence-electron chi connectivity index (χ2n) is 4.00. The first kappa shape index (κ1) is 8.53. The Balaban J connectivity index is 2.21. The van der Waals surface area contributed by atoms with E-state index in [-0.39, 0.29) is 0 Å². The van der Waals surface area contributed by atoms with E-state index < -0.39 is 0 Å². The van der Waals surface area contributed by atoms with Gasteiger partial charge in [0.05, 0.1) is 17.6 Å². The number of nitrogen functional groups attached to an aromatic ring is 1. The molecule has 0 fully saturated rings. The highest BCUT2D eigenvalue weighted by atomic mass is 15.1. The summed E-state index contributed by atoms with van der Waals surface area (Å²) in [4.78, 5) is 0. The fraction of sp³-hybridized carbons (Fsp3) is 0.250. The van der Waals surface area contributed by atoms with Crippen molar-refractivity contribution in [1.29, 1.82) is 0 Å². The molecule has 0 saturated heterocycles. The van der Waals surface area contributed by atoms with Gasteiger partial charge in [0.2, 0.25) is 0 Å². The first-order valence-corrected chi connectivity index (χ1v) is 5.26. The van der Waals surface area contributed by atoms with Crippen LogP contribution in [0, 0.1) is 0 Å². The summed E-state index contributed by atoms with van der Waals surface area (Å²) in [6, 6.07) is 6.42. The molecule has 0 bridgehead atoms. The minimum absolute atomic E-state index is 0.732. The quantitative estimate of drug-likeness (QED) is 0.739. The van der Waals surface area contributed by atoms with Crippen LogP contribution in [0.3, 0.4) is 0 Å². The normalized spacial score (nSPS) is 14.1. The zero-order valence-electron chi connectivity index (χ0n) is 8.46. The topological polar surface area (TPSA) is 54.7 Å². The van der Waals surface area contributed by atoms with Crippen LogP contribution in [0.1, 0.15) is 17.5 Å². The number of aromatic amines is 1. The van der Waals surface area contributed by atoms with E-state index in [1.165, 1.54) is 29.5 Å². The molecule has 0 radical (unpaired) electrons. The number of H-pyrrole nitrogens is 1. The molecule has 1 aliphatic carbocycles. The largest absolute Gasteiger partial charge is 0.396 e. The molecule has 1 aromatic carbocycles. The molecule has 1 heterocycles. The number of rotatable bonds is 1. The molecule has 0 amide bonds. The monoisotopic (exact) mass is 199 g/mol. The highest BCUT2D eigenvalue weighted by molar-refractivity contribution is 5.75. The van der Waals surface area contributed by atoms with Gasteiger partial charge in [0.15, 0.2) is 0 Å². The van der Waals surface area contributed by atoms with Gasteiger partial charge in [0.1, 0.15) is 0 Å². The third-order valence-electron chi connectivity index (χ3n) is 3.08. The SMILES string of the molecule is Nc1cn[nH]c1-c1cccc2c1CCC2. The lowest BCUT2D eigenvalue weighted by Crippen LogP contribution is -1.92. The van der Waals surface area contributed by atoms with Gasteiger partial charge in [-0.15, -0.1) is 0 Å². The van der Waals surface area contributed by atoms with Gasteiger partial charge in [0.25, 0.3) is 0 Å². The van der Waals surface area contributed by atoms with E-state index in [0.29, 0.717) is 0 Å². The molecule has 3 N–H and O–H groups in total. The maximum atomic E-state index is 5.87. The summed E-state index contributed by atoms with van der Waals surface area (Å²) in [5.41, 5.74) is 11.7. The number of aromatic nitrogens is 2. The van der Waals surface area contributed by atoms with Crippen molar-refractivity contribution in [2.45, 2.75) is 19.3 Å². The molecule has 1 aliphatic rings. The highest BCUT2D eigenvalue weighted by Crippen LogP contribution is 2.33. The lowest BCUT2D eigenvalue weighted by atomic mass is 10.0. The molecule has 3 heteroatoms. The fourth-order valence-electron chi connectivity index (χ4n) is 2.37. The van der Waals surface area contributed by atoms with Crippen molar-refractivity contribution in [1.82, 2.24) is 10.2 Å². The van der Waals surface area contributed by atoms with Crippen LogP contribution in [0.15, 0.2) is 24.4 Å². The van der Waals surface area contributed by atoms with Gasteiger partial charge < -0.3 is 5.73 Å². The van der Waals surface area contributed by atoms with Crippen molar-refractivity contribution < 1.29 is 0 Å². The van der Waals surface area contributed by atoms with E-state index >= 15 is 0 Å². The maximum Gasteiger partial charge on any atom is 0.0882 e. The van der Waals surface area contributed by atoms with Crippen LogP contribution in [-0.2, 0) is 12.8 Å². The Kier molecular flexibility index (Phi) is 1.78. The van der Waals surface area contributed by atoms with E-state index in [1.807, 2.05) is 0 Å². The Labute approximate surface area is 88.3 Å². The van der Waals surface area contributed by atoms with Crippen LogP contribution >= 0.6 is 0 Å². The number of hydrogen-bond donors (Lipinski definition) is 2. The molecule has 0 saturated carbocycles. The lowest BCUT2D eigenvalue weighted by molar-refractivity contribution is 0.912. The summed E-state index contributed by atoms with van der Waals surface area (Å²) in [5.74, 6) is 0. The van der Waals surface area contributed by atoms with Crippen LogP contribution in [0.25, 0.3) is 11.3 Å². The summed E-state index contributed by atoms with van der Waals surface area (Å²) in [7, 11) is 0. The number of fused-ring (bicyclic) bond motifs is 1. The number of aryl methyl sites for hydroxylation is 1. The van der Waals surface area contributed by atoms with Crippen LogP contribution in [0.4, 0.5) is 5.69 Å². The van der Waals surface area contributed by atoms with Crippen LogP contribution < -0.4 is 5.73 Å². The number of nitrogens with one attached hydrogen (secondary N) is 1. The Bertz CT molecular complexity index is 499. The summed E-state index contributed by atoms with van der Waals surface area (Å²) in [5, 5.41) is 6.95. The number of benzene rings is 1. The van der Waals surface area contributed by atoms with E-state index in [2.05, 4.69) is 28.4 Å². The molecule has 3 nitrogen and oxygen atoms in total. The van der Waals surface area contributed by atoms with Crippen LogP contribution in [-0.4, -0.2) is 10.2 Å². The molecule has 0 unspecified atom stereocenters. The van der Waals surface area contributed by atoms with E-state index in [1.54, 1.807) is 6.20 Å². The molecule has 0 atom stereocenters. The smallest absolute Gasteiger partial charge is 0.0882 e. The van der Waals surface area contributed by atoms with E-state index in [0.717, 1.165) is 17.8 Å². The molecule has 76 valence electrons. The molecule has 1 aromatic heterocycles. The second kappa shape index (κ2) is 3.12. The first-order valence-electron chi connectivity index (χ1n) is 5.26. The molecule has 15 heavy (non-hydrogen) atoms. The standard InChI is InChI=1S/C12H13N3/c13-11-7-14-15-12(11)10-6-2-4-8-3-1-5-9(8)10/h2,4,6-7H,1,3,5,13H2,(H,14,15). The minimum atomic E-state index is 0.732. The van der Waals surface area contributed by atoms with Crippen molar-refractivity contribution >= 4 is 5.69 Å². The average molecular weight is 199 g/mol. The number of nitrogens with zero attached hydrogens (tertiary/aromatic N) is 1. The Morgan fingerprint density at radius 3 is 3.00 bits per heavy atom. The van der Waals surface area contributed by atoms with Crippen molar-refractivity contribution in [3.8, 4) is 11.3 Å². The summed E-state index contributed by atoms with van der Waals surface area (Å²) < 4.78 is 0. The Morgan fingerprint density at radius 1 is 1.27 bits per heavy atom. The molecule has 0 aliphatic heterocycles. The van der Waals surface area contributed by atoms with Gasteiger partial charge in [-0.3, -0.25) is 5.10 Å². The van der Waals surface area contributed by atoms with E-state index in [4.69, 9.17) is 5.73 Å². The predicted octanol–water partition coefficient (Wildman–Crippen LogP) is 2.15. The second-order valence-corrected chi connectivity index (χ2v) is 4.00.